The van der Waals surface area contributed by atoms with Gasteiger partial charge in [-0.1, -0.05) is 71.9 Å². The summed E-state index contributed by atoms with van der Waals surface area (Å²) < 4.78 is 5.54. The average molecular weight is 575 g/mol. The van der Waals surface area contributed by atoms with Crippen LogP contribution >= 0.6 is 0 Å². The maximum absolute atomic E-state index is 13.7. The lowest BCUT2D eigenvalue weighted by Crippen LogP contribution is -2.69. The van der Waals surface area contributed by atoms with Crippen LogP contribution in [0.4, 0.5) is 0 Å². The van der Waals surface area contributed by atoms with Crippen LogP contribution in [0.3, 0.4) is 0 Å². The maximum Gasteiger partial charge on any atom is 0.329 e. The van der Waals surface area contributed by atoms with Gasteiger partial charge in [0.05, 0.1) is 0 Å². The molecule has 230 valence electrons. The highest BCUT2D eigenvalue weighted by atomic mass is 16.5. The minimum atomic E-state index is -0.864. The number of amides is 2. The monoisotopic (exact) mass is 574 g/mol. The summed E-state index contributed by atoms with van der Waals surface area (Å²) >= 11 is 0. The van der Waals surface area contributed by atoms with E-state index in [1.807, 2.05) is 71.9 Å². The molecule has 0 aromatic heterocycles. The van der Waals surface area contributed by atoms with E-state index in [4.69, 9.17) is 4.74 Å². The predicted molar refractivity (Wildman–Crippen MR) is 157 cm³/mol. The lowest BCUT2D eigenvalue weighted by molar-refractivity contribution is -0.449. The Kier molecular flexibility index (Phi) is 13.9. The Bertz CT molecular complexity index is 998. The number of esters is 1. The fraction of sp³-hybridized carbons (Fsp3) is 0.688. The first kappa shape index (κ1) is 34.4. The summed E-state index contributed by atoms with van der Waals surface area (Å²) in [5.74, 6) is -1.82. The largest absolute Gasteiger partial charge is 0.459 e. The van der Waals surface area contributed by atoms with E-state index in [2.05, 4.69) is 11.1 Å². The minimum Gasteiger partial charge on any atom is -0.459 e. The van der Waals surface area contributed by atoms with Gasteiger partial charge >= 0.3 is 5.97 Å². The number of carbonyl (C=O) groups excluding carboxylic acids is 4. The number of rotatable bonds is 16. The lowest BCUT2D eigenvalue weighted by Gasteiger charge is -2.30. The van der Waals surface area contributed by atoms with Gasteiger partial charge in [-0.3, -0.25) is 14.4 Å². The molecule has 0 bridgehead atoms. The van der Waals surface area contributed by atoms with E-state index in [0.29, 0.717) is 25.8 Å². The van der Waals surface area contributed by atoms with Crippen molar-refractivity contribution in [1.29, 1.82) is 0 Å². The molecule has 0 aliphatic carbocycles. The minimum absolute atomic E-state index is 0.0193. The molecule has 9 nitrogen and oxygen atoms in total. The molecule has 1 aliphatic heterocycles. The summed E-state index contributed by atoms with van der Waals surface area (Å²) in [5.41, 5.74) is 4.89. The summed E-state index contributed by atoms with van der Waals surface area (Å²) in [6, 6.07) is 7.61. The Balaban J connectivity index is 2.08. The third kappa shape index (κ3) is 10.5. The highest BCUT2D eigenvalue weighted by molar-refractivity contribution is 5.93. The van der Waals surface area contributed by atoms with Gasteiger partial charge < -0.3 is 25.8 Å². The van der Waals surface area contributed by atoms with Crippen LogP contribution in [0.25, 0.3) is 0 Å². The third-order valence-electron chi connectivity index (χ3n) is 8.25. The smallest absolute Gasteiger partial charge is 0.329 e. The zero-order valence-corrected chi connectivity index (χ0v) is 25.8. The first-order valence-electron chi connectivity index (χ1n) is 15.2. The Labute approximate surface area is 245 Å². The topological polar surface area (TPSA) is 141 Å². The number of nitrogens with zero attached hydrogens (tertiary/aromatic N) is 1. The molecule has 1 aromatic rings. The number of ether oxygens (including phenoxy) is 1. The number of likely N-dealkylation sites (tertiary alicyclic amines) is 1. The van der Waals surface area contributed by atoms with Crippen LogP contribution < -0.4 is 11.1 Å². The van der Waals surface area contributed by atoms with Crippen molar-refractivity contribution in [2.75, 3.05) is 6.54 Å². The molecule has 41 heavy (non-hydrogen) atoms. The second-order valence-corrected chi connectivity index (χ2v) is 12.4. The van der Waals surface area contributed by atoms with Crippen LogP contribution in [-0.4, -0.2) is 64.3 Å². The van der Waals surface area contributed by atoms with Gasteiger partial charge in [0.1, 0.15) is 36.6 Å². The van der Waals surface area contributed by atoms with E-state index in [1.165, 1.54) is 4.90 Å². The summed E-state index contributed by atoms with van der Waals surface area (Å²) in [4.78, 5) is 54.6. The van der Waals surface area contributed by atoms with Crippen molar-refractivity contribution in [3.8, 4) is 0 Å². The zero-order valence-electron chi connectivity index (χ0n) is 25.8. The SMILES string of the molecule is CC[C@H](C)[C@@H]([NH3+])[C@@H](O)CC(=O)C[C@H](C(=O)N[C@@H](CC(C)C)C(=O)N1CCC[C@H]1C(=O)OCc1ccccc1)C(C)C. The van der Waals surface area contributed by atoms with Gasteiger partial charge in [-0.25, -0.2) is 4.79 Å². The molecule has 0 spiro atoms. The first-order valence-corrected chi connectivity index (χ1v) is 15.2. The average Bonchev–Trinajstić information content (AvgIpc) is 3.43. The van der Waals surface area contributed by atoms with Crippen molar-refractivity contribution < 1.29 is 34.8 Å². The van der Waals surface area contributed by atoms with Crippen molar-refractivity contribution >= 4 is 23.6 Å². The molecule has 1 aliphatic rings. The highest BCUT2D eigenvalue weighted by Gasteiger charge is 2.40. The van der Waals surface area contributed by atoms with E-state index in [9.17, 15) is 24.3 Å². The van der Waals surface area contributed by atoms with E-state index in [0.717, 1.165) is 12.0 Å². The fourth-order valence-corrected chi connectivity index (χ4v) is 5.30. The normalized spacial score (nSPS) is 19.0. The summed E-state index contributed by atoms with van der Waals surface area (Å²) in [6.45, 7) is 12.2. The van der Waals surface area contributed by atoms with Crippen molar-refractivity contribution in [2.24, 2.45) is 23.7 Å². The number of ketones is 1. The first-order chi connectivity index (χ1) is 19.3. The van der Waals surface area contributed by atoms with Gasteiger partial charge in [0.2, 0.25) is 11.8 Å². The standard InChI is InChI=1S/C32H51N3O6/c1-7-22(6)29(33)28(37)18-24(36)17-25(21(4)5)30(38)34-26(16-20(2)3)31(39)35-15-11-14-27(35)32(40)41-19-23-12-9-8-10-13-23/h8-10,12-13,20-22,25-29,37H,7,11,14-19,33H2,1-6H3,(H,34,38)/p+1/t22-,25-,26-,27-,28-,29+/m0/s1. The number of aliphatic hydroxyl groups is 1. The molecule has 0 unspecified atom stereocenters. The van der Waals surface area contributed by atoms with Crippen molar-refractivity contribution in [3.05, 3.63) is 35.9 Å². The van der Waals surface area contributed by atoms with Crippen LogP contribution in [0, 0.1) is 23.7 Å². The number of benzene rings is 1. The van der Waals surface area contributed by atoms with E-state index >= 15 is 0 Å². The molecular weight excluding hydrogens is 522 g/mol. The van der Waals surface area contributed by atoms with Crippen LogP contribution in [0.1, 0.15) is 85.6 Å². The molecular formula is C32H52N3O6+. The molecule has 2 amide bonds. The fourth-order valence-electron chi connectivity index (χ4n) is 5.30. The summed E-state index contributed by atoms with van der Waals surface area (Å²) in [5, 5.41) is 13.4. The van der Waals surface area contributed by atoms with Crippen molar-refractivity contribution in [1.82, 2.24) is 10.2 Å². The van der Waals surface area contributed by atoms with E-state index < -0.39 is 30.1 Å². The second-order valence-electron chi connectivity index (χ2n) is 12.4. The Morgan fingerprint density at radius 2 is 1.73 bits per heavy atom. The number of hydrogen-bond acceptors (Lipinski definition) is 6. The maximum atomic E-state index is 13.7. The Morgan fingerprint density at radius 1 is 1.07 bits per heavy atom. The molecule has 1 fully saturated rings. The zero-order chi connectivity index (χ0) is 30.7. The number of hydrogen-bond donors (Lipinski definition) is 3. The van der Waals surface area contributed by atoms with Crippen molar-refractivity contribution in [3.63, 3.8) is 0 Å². The number of aliphatic hydroxyl groups excluding tert-OH is 1. The van der Waals surface area contributed by atoms with E-state index in [-0.39, 0.29) is 60.8 Å². The molecule has 1 saturated heterocycles. The molecule has 0 saturated carbocycles. The van der Waals surface area contributed by atoms with Crippen LogP contribution in [-0.2, 0) is 30.5 Å². The Morgan fingerprint density at radius 3 is 2.32 bits per heavy atom. The highest BCUT2D eigenvalue weighted by Crippen LogP contribution is 2.24. The molecule has 0 radical (unpaired) electrons. The van der Waals surface area contributed by atoms with E-state index in [1.54, 1.807) is 0 Å². The predicted octanol–water partition coefficient (Wildman–Crippen LogP) is 2.89. The van der Waals surface area contributed by atoms with Crippen LogP contribution in [0.2, 0.25) is 0 Å². The Hall–Kier alpha value is -2.78. The number of quaternary nitrogens is 1. The molecule has 5 N–H and O–H groups in total. The lowest BCUT2D eigenvalue weighted by atomic mass is 9.86. The number of Topliss-reactive ketones (excluding diaryl/α,β-unsaturated/α-hetero) is 1. The van der Waals surface area contributed by atoms with Gasteiger partial charge in [-0.05, 0) is 43.1 Å². The van der Waals surface area contributed by atoms with Gasteiger partial charge in [-0.2, -0.15) is 0 Å². The second kappa shape index (κ2) is 16.6. The molecule has 1 heterocycles. The van der Waals surface area contributed by atoms with Gasteiger partial charge in [0, 0.05) is 31.2 Å². The molecule has 6 atom stereocenters. The molecule has 2 rings (SSSR count). The van der Waals surface area contributed by atoms with Gasteiger partial charge in [-0.15, -0.1) is 0 Å². The molecule has 9 heteroatoms. The summed E-state index contributed by atoms with van der Waals surface area (Å²) in [7, 11) is 0. The van der Waals surface area contributed by atoms with Gasteiger partial charge in [0.15, 0.2) is 0 Å². The third-order valence-corrected chi connectivity index (χ3v) is 8.25. The summed E-state index contributed by atoms with van der Waals surface area (Å²) in [6.07, 6.45) is 1.51. The van der Waals surface area contributed by atoms with Crippen molar-refractivity contribution in [2.45, 2.75) is 111 Å². The molecule has 1 aromatic carbocycles. The van der Waals surface area contributed by atoms with Gasteiger partial charge in [0.25, 0.3) is 0 Å². The van der Waals surface area contributed by atoms with Crippen LogP contribution in [0.15, 0.2) is 30.3 Å². The van der Waals surface area contributed by atoms with Crippen LogP contribution in [0.5, 0.6) is 0 Å². The quantitative estimate of drug-likeness (QED) is 0.259. The number of nitrogens with one attached hydrogen (secondary N) is 1. The number of carbonyl (C=O) groups is 4.